The third kappa shape index (κ3) is 4.64. The van der Waals surface area contributed by atoms with Crippen molar-refractivity contribution < 1.29 is 29.4 Å². The summed E-state index contributed by atoms with van der Waals surface area (Å²) in [6.45, 7) is 5.47. The van der Waals surface area contributed by atoms with Gasteiger partial charge in [0, 0.05) is 23.0 Å². The minimum Gasteiger partial charge on any atom is -0.480 e. The Morgan fingerprint density at radius 1 is 0.953 bits per heavy atom. The topological polar surface area (TPSA) is 143 Å². The standard InChI is InChI=1S/C33H32N4O6/c1-17(2)19-12-14-20(15-13-19)29-28-23(21-8-4-6-10-24(21)34-28)16-26-31(40)37(33(43)36(26)29)25-11-7-5-9-22(25)30(39)35-27(18(3)38)32(41)42/h4-15,17-18,26-27,29,34,38H,16H2,1-3H3,(H,35,39)(H,41,42)/t18-,26+,27-,29+/m1/s1. The number of aromatic nitrogens is 1. The summed E-state index contributed by atoms with van der Waals surface area (Å²) < 4.78 is 0. The molecule has 1 saturated heterocycles. The van der Waals surface area contributed by atoms with E-state index in [0.29, 0.717) is 12.3 Å². The van der Waals surface area contributed by atoms with Gasteiger partial charge in [-0.3, -0.25) is 14.5 Å². The van der Waals surface area contributed by atoms with Gasteiger partial charge in [0.15, 0.2) is 6.04 Å². The van der Waals surface area contributed by atoms with Crippen LogP contribution in [0.1, 0.15) is 65.5 Å². The summed E-state index contributed by atoms with van der Waals surface area (Å²) in [5.74, 6) is -2.40. The summed E-state index contributed by atoms with van der Waals surface area (Å²) >= 11 is 0. The molecule has 0 saturated carbocycles. The third-order valence-corrected chi connectivity index (χ3v) is 8.39. The number of imide groups is 1. The maximum atomic E-state index is 14.3. The van der Waals surface area contributed by atoms with Gasteiger partial charge in [0.1, 0.15) is 12.1 Å². The van der Waals surface area contributed by atoms with E-state index in [-0.39, 0.29) is 11.3 Å². The Balaban J connectivity index is 1.44. The molecule has 43 heavy (non-hydrogen) atoms. The number of aliphatic hydroxyl groups is 1. The van der Waals surface area contributed by atoms with E-state index in [1.165, 1.54) is 19.1 Å². The number of carboxylic acid groups (broad SMARTS) is 1. The molecule has 4 atom stereocenters. The Morgan fingerprint density at radius 2 is 1.63 bits per heavy atom. The van der Waals surface area contributed by atoms with Gasteiger partial charge in [-0.2, -0.15) is 0 Å². The zero-order chi connectivity index (χ0) is 30.6. The van der Waals surface area contributed by atoms with Crippen LogP contribution in [0.4, 0.5) is 10.5 Å². The average molecular weight is 581 g/mol. The minimum absolute atomic E-state index is 0.0431. The van der Waals surface area contributed by atoms with Crippen LogP contribution < -0.4 is 10.2 Å². The number of nitrogens with zero attached hydrogens (tertiary/aromatic N) is 2. The lowest BCUT2D eigenvalue weighted by molar-refractivity contribution is -0.141. The highest BCUT2D eigenvalue weighted by Crippen LogP contribution is 2.45. The second-order valence-electron chi connectivity index (χ2n) is 11.4. The largest absolute Gasteiger partial charge is 0.480 e. The number of urea groups is 1. The second-order valence-corrected chi connectivity index (χ2v) is 11.4. The maximum absolute atomic E-state index is 14.3. The van der Waals surface area contributed by atoms with Crippen molar-refractivity contribution >= 4 is 40.4 Å². The van der Waals surface area contributed by atoms with Gasteiger partial charge in [-0.25, -0.2) is 14.5 Å². The highest BCUT2D eigenvalue weighted by molar-refractivity contribution is 6.24. The molecule has 3 aromatic carbocycles. The van der Waals surface area contributed by atoms with Crippen LogP contribution in [0.2, 0.25) is 0 Å². The molecule has 1 aromatic heterocycles. The number of aliphatic carboxylic acids is 1. The molecule has 220 valence electrons. The average Bonchev–Trinajstić information content (AvgIpc) is 3.48. The number of anilines is 1. The maximum Gasteiger partial charge on any atom is 0.332 e. The van der Waals surface area contributed by atoms with Crippen LogP contribution in [0.3, 0.4) is 0 Å². The Kier molecular flexibility index (Phi) is 7.01. The van der Waals surface area contributed by atoms with E-state index < -0.39 is 48.0 Å². The van der Waals surface area contributed by atoms with Crippen molar-refractivity contribution in [2.75, 3.05) is 4.90 Å². The molecule has 4 N–H and O–H groups in total. The molecule has 6 rings (SSSR count). The van der Waals surface area contributed by atoms with Crippen LogP contribution >= 0.6 is 0 Å². The van der Waals surface area contributed by atoms with Gasteiger partial charge in [0.05, 0.1) is 17.4 Å². The fourth-order valence-electron chi connectivity index (χ4n) is 6.17. The first-order chi connectivity index (χ1) is 20.6. The predicted octanol–water partition coefficient (Wildman–Crippen LogP) is 4.34. The van der Waals surface area contributed by atoms with Gasteiger partial charge in [0.2, 0.25) is 0 Å². The van der Waals surface area contributed by atoms with E-state index in [2.05, 4.69) is 24.1 Å². The SMILES string of the molecule is CC(C)c1ccc([C@H]2c3[nH]c4ccccc4c3C[C@H]3C(=O)N(c4ccccc4C(=O)N[C@@H](C(=O)O)[C@@H](C)O)C(=O)N23)cc1. The first kappa shape index (κ1) is 28.2. The van der Waals surface area contributed by atoms with E-state index in [1.807, 2.05) is 48.5 Å². The molecule has 0 unspecified atom stereocenters. The number of hydrogen-bond acceptors (Lipinski definition) is 5. The Labute approximate surface area is 247 Å². The number of amides is 4. The quantitative estimate of drug-likeness (QED) is 0.240. The number of H-pyrrole nitrogens is 1. The van der Waals surface area contributed by atoms with Crippen LogP contribution in [0.25, 0.3) is 10.9 Å². The molecule has 0 radical (unpaired) electrons. The van der Waals surface area contributed by atoms with Crippen molar-refractivity contribution in [2.45, 2.75) is 57.3 Å². The smallest absolute Gasteiger partial charge is 0.332 e. The highest BCUT2D eigenvalue weighted by Gasteiger charge is 2.53. The summed E-state index contributed by atoms with van der Waals surface area (Å²) in [4.78, 5) is 59.4. The van der Waals surface area contributed by atoms with E-state index in [9.17, 15) is 29.4 Å². The molecule has 4 aromatic rings. The Bertz CT molecular complexity index is 1760. The molecule has 3 heterocycles. The molecule has 4 amide bonds. The van der Waals surface area contributed by atoms with E-state index in [4.69, 9.17) is 0 Å². The van der Waals surface area contributed by atoms with Gasteiger partial charge in [0.25, 0.3) is 11.8 Å². The monoisotopic (exact) mass is 580 g/mol. The highest BCUT2D eigenvalue weighted by atomic mass is 16.4. The molecule has 0 spiro atoms. The lowest BCUT2D eigenvalue weighted by Crippen LogP contribution is -2.48. The van der Waals surface area contributed by atoms with Crippen LogP contribution in [0.5, 0.6) is 0 Å². The van der Waals surface area contributed by atoms with Crippen molar-refractivity contribution in [2.24, 2.45) is 0 Å². The molecule has 0 bridgehead atoms. The second kappa shape index (κ2) is 10.7. The number of fused-ring (bicyclic) bond motifs is 4. The molecule has 1 fully saturated rings. The van der Waals surface area contributed by atoms with E-state index in [0.717, 1.165) is 38.2 Å². The number of benzene rings is 3. The number of para-hydroxylation sites is 2. The summed E-state index contributed by atoms with van der Waals surface area (Å²) in [7, 11) is 0. The lowest BCUT2D eigenvalue weighted by Gasteiger charge is -2.36. The van der Waals surface area contributed by atoms with E-state index in [1.54, 1.807) is 17.0 Å². The number of carboxylic acids is 1. The minimum atomic E-state index is -1.58. The number of rotatable bonds is 7. The number of hydrogen-bond donors (Lipinski definition) is 4. The van der Waals surface area contributed by atoms with Crippen LogP contribution in [0.15, 0.2) is 72.8 Å². The lowest BCUT2D eigenvalue weighted by atomic mass is 9.88. The first-order valence-electron chi connectivity index (χ1n) is 14.2. The predicted molar refractivity (Wildman–Crippen MR) is 160 cm³/mol. The van der Waals surface area contributed by atoms with Gasteiger partial charge >= 0.3 is 12.0 Å². The van der Waals surface area contributed by atoms with Crippen LogP contribution in [-0.4, -0.2) is 62.1 Å². The van der Waals surface area contributed by atoms with Gasteiger partial charge < -0.3 is 20.5 Å². The third-order valence-electron chi connectivity index (χ3n) is 8.39. The number of nitrogens with one attached hydrogen (secondary N) is 2. The molecule has 10 heteroatoms. The Morgan fingerprint density at radius 3 is 2.30 bits per heavy atom. The molecular weight excluding hydrogens is 548 g/mol. The first-order valence-corrected chi connectivity index (χ1v) is 14.2. The fourth-order valence-corrected chi connectivity index (χ4v) is 6.17. The molecule has 10 nitrogen and oxygen atoms in total. The number of carbonyl (C=O) groups excluding carboxylic acids is 3. The zero-order valence-electron chi connectivity index (χ0n) is 23.9. The van der Waals surface area contributed by atoms with Crippen molar-refractivity contribution in [1.82, 2.24) is 15.2 Å². The molecule has 2 aliphatic rings. The number of carbonyl (C=O) groups is 4. The number of aromatic amines is 1. The van der Waals surface area contributed by atoms with E-state index >= 15 is 0 Å². The molecule has 2 aliphatic heterocycles. The van der Waals surface area contributed by atoms with Crippen LogP contribution in [-0.2, 0) is 16.0 Å². The summed E-state index contributed by atoms with van der Waals surface area (Å²) in [5.41, 5.74) is 4.70. The summed E-state index contributed by atoms with van der Waals surface area (Å²) in [6, 6.07) is 18.4. The molecule has 0 aliphatic carbocycles. The fraction of sp³-hybridized carbons (Fsp3) is 0.273. The van der Waals surface area contributed by atoms with Gasteiger partial charge in [-0.15, -0.1) is 0 Å². The summed E-state index contributed by atoms with van der Waals surface area (Å²) in [6.07, 6.45) is -1.08. The normalized spacial score (nSPS) is 19.4. The number of aliphatic hydroxyl groups excluding tert-OH is 1. The van der Waals surface area contributed by atoms with Crippen molar-refractivity contribution in [3.05, 3.63) is 101 Å². The van der Waals surface area contributed by atoms with Crippen LogP contribution in [0, 0.1) is 0 Å². The molecular formula is C33H32N4O6. The van der Waals surface area contributed by atoms with Crippen molar-refractivity contribution in [3.8, 4) is 0 Å². The van der Waals surface area contributed by atoms with Gasteiger partial charge in [-0.05, 0) is 47.7 Å². The Hall–Kier alpha value is -4.96. The van der Waals surface area contributed by atoms with Gasteiger partial charge in [-0.1, -0.05) is 68.4 Å². The zero-order valence-corrected chi connectivity index (χ0v) is 23.9. The summed E-state index contributed by atoms with van der Waals surface area (Å²) in [5, 5.41) is 22.6. The van der Waals surface area contributed by atoms with Crippen molar-refractivity contribution in [1.29, 1.82) is 0 Å². The van der Waals surface area contributed by atoms with Crippen molar-refractivity contribution in [3.63, 3.8) is 0 Å².